The number of carbonyl (C=O) groups excluding carboxylic acids is 1. The van der Waals surface area contributed by atoms with Gasteiger partial charge in [-0.2, -0.15) is 0 Å². The van der Waals surface area contributed by atoms with E-state index in [0.29, 0.717) is 17.2 Å². The third kappa shape index (κ3) is 4.33. The second-order valence-electron chi connectivity index (χ2n) is 5.26. The highest BCUT2D eigenvalue weighted by Gasteiger charge is 2.23. The summed E-state index contributed by atoms with van der Waals surface area (Å²) in [5.41, 5.74) is 1.15. The predicted octanol–water partition coefficient (Wildman–Crippen LogP) is 2.50. The lowest BCUT2D eigenvalue weighted by atomic mass is 10.1. The van der Waals surface area contributed by atoms with Gasteiger partial charge in [0.2, 0.25) is 0 Å². The number of anilines is 1. The normalized spacial score (nSPS) is 14.1. The summed E-state index contributed by atoms with van der Waals surface area (Å²) in [6.07, 6.45) is 2.17. The molecule has 0 amide bonds. The van der Waals surface area contributed by atoms with E-state index in [0.717, 1.165) is 31.6 Å². The highest BCUT2D eigenvalue weighted by atomic mass is 35.5. The van der Waals surface area contributed by atoms with Crippen LogP contribution in [0.1, 0.15) is 25.3 Å². The number of nitrogens with zero attached hydrogens (tertiary/aromatic N) is 2. The molecule has 1 saturated heterocycles. The van der Waals surface area contributed by atoms with Crippen molar-refractivity contribution in [3.8, 4) is 0 Å². The Morgan fingerprint density at radius 1 is 1.43 bits per heavy atom. The Bertz CT molecular complexity index is 588. The van der Waals surface area contributed by atoms with Crippen LogP contribution >= 0.6 is 11.6 Å². The average molecular weight is 342 g/mol. The van der Waals surface area contributed by atoms with Crippen molar-refractivity contribution in [1.82, 2.24) is 5.32 Å². The summed E-state index contributed by atoms with van der Waals surface area (Å²) in [5.74, 6) is -0.401. The molecule has 1 aliphatic rings. The van der Waals surface area contributed by atoms with Crippen molar-refractivity contribution in [3.63, 3.8) is 0 Å². The molecule has 7 nitrogen and oxygen atoms in total. The Morgan fingerprint density at radius 2 is 2.13 bits per heavy atom. The van der Waals surface area contributed by atoms with Crippen LogP contribution in [0.25, 0.3) is 0 Å². The fraction of sp³-hybridized carbons (Fsp3) is 0.533. The molecule has 0 bridgehead atoms. The van der Waals surface area contributed by atoms with Crippen LogP contribution in [0.4, 0.5) is 11.4 Å². The average Bonchev–Trinajstić information content (AvgIpc) is 3.02. The van der Waals surface area contributed by atoms with Gasteiger partial charge in [-0.25, -0.2) is 0 Å². The van der Waals surface area contributed by atoms with E-state index in [1.807, 2.05) is 0 Å². The van der Waals surface area contributed by atoms with Crippen molar-refractivity contribution in [2.75, 3.05) is 31.1 Å². The standard InChI is InChI=1S/C15H20ClN3O4/c1-2-23-14(20)10-17-9-11-12(19(21)22)5-6-13(15(11)16)18-7-3-4-8-18/h5-6,17H,2-4,7-10H2,1H3. The quantitative estimate of drug-likeness (QED) is 0.466. The fourth-order valence-corrected chi connectivity index (χ4v) is 2.99. The third-order valence-corrected chi connectivity index (χ3v) is 4.14. The first kappa shape index (κ1) is 17.5. The lowest BCUT2D eigenvalue weighted by Gasteiger charge is -2.20. The van der Waals surface area contributed by atoms with Crippen LogP contribution in [0.2, 0.25) is 5.02 Å². The third-order valence-electron chi connectivity index (χ3n) is 3.72. The number of nitro benzene ring substituents is 1. The molecule has 1 aromatic carbocycles. The maximum Gasteiger partial charge on any atom is 0.319 e. The molecule has 23 heavy (non-hydrogen) atoms. The monoisotopic (exact) mass is 341 g/mol. The summed E-state index contributed by atoms with van der Waals surface area (Å²) >= 11 is 6.41. The van der Waals surface area contributed by atoms with Crippen molar-refractivity contribution in [3.05, 3.63) is 32.8 Å². The van der Waals surface area contributed by atoms with Gasteiger partial charge in [0.25, 0.3) is 5.69 Å². The maximum atomic E-state index is 11.4. The molecular weight excluding hydrogens is 322 g/mol. The molecule has 1 heterocycles. The van der Waals surface area contributed by atoms with E-state index in [9.17, 15) is 14.9 Å². The molecule has 2 rings (SSSR count). The molecule has 8 heteroatoms. The Morgan fingerprint density at radius 3 is 2.74 bits per heavy atom. The van der Waals surface area contributed by atoms with E-state index in [-0.39, 0.29) is 18.8 Å². The lowest BCUT2D eigenvalue weighted by molar-refractivity contribution is -0.385. The molecule has 0 atom stereocenters. The topological polar surface area (TPSA) is 84.7 Å². The molecule has 0 saturated carbocycles. The van der Waals surface area contributed by atoms with Crippen molar-refractivity contribution in [2.45, 2.75) is 26.3 Å². The van der Waals surface area contributed by atoms with E-state index >= 15 is 0 Å². The number of nitro groups is 1. The Kier molecular flexibility index (Phi) is 6.18. The zero-order valence-electron chi connectivity index (χ0n) is 13.0. The van der Waals surface area contributed by atoms with E-state index in [1.165, 1.54) is 6.07 Å². The number of ether oxygens (including phenoxy) is 1. The van der Waals surface area contributed by atoms with E-state index in [1.54, 1.807) is 13.0 Å². The van der Waals surface area contributed by atoms with Crippen LogP contribution in [0.3, 0.4) is 0 Å². The fourth-order valence-electron chi connectivity index (χ4n) is 2.64. The van der Waals surface area contributed by atoms with Gasteiger partial charge in [0.15, 0.2) is 0 Å². The first-order chi connectivity index (χ1) is 11.0. The number of rotatable bonds is 7. The van der Waals surface area contributed by atoms with Crippen LogP contribution in [-0.4, -0.2) is 37.1 Å². The summed E-state index contributed by atoms with van der Waals surface area (Å²) in [4.78, 5) is 24.2. The minimum Gasteiger partial charge on any atom is -0.465 e. The molecule has 0 aromatic heterocycles. The summed E-state index contributed by atoms with van der Waals surface area (Å²) < 4.78 is 4.82. The van der Waals surface area contributed by atoms with Gasteiger partial charge < -0.3 is 15.0 Å². The van der Waals surface area contributed by atoms with Gasteiger partial charge in [-0.05, 0) is 25.8 Å². The van der Waals surface area contributed by atoms with Crippen LogP contribution in [0.15, 0.2) is 12.1 Å². The number of benzene rings is 1. The maximum absolute atomic E-state index is 11.4. The van der Waals surface area contributed by atoms with Gasteiger partial charge in [0, 0.05) is 25.7 Å². The van der Waals surface area contributed by atoms with E-state index in [4.69, 9.17) is 16.3 Å². The van der Waals surface area contributed by atoms with Crippen LogP contribution in [0.5, 0.6) is 0 Å². The Balaban J connectivity index is 2.18. The van der Waals surface area contributed by atoms with Crippen molar-refractivity contribution in [1.29, 1.82) is 0 Å². The Hall–Kier alpha value is -1.86. The van der Waals surface area contributed by atoms with Gasteiger partial charge in [0.05, 0.1) is 34.3 Å². The summed E-state index contributed by atoms with van der Waals surface area (Å²) in [5, 5.41) is 14.5. The molecule has 0 aliphatic carbocycles. The van der Waals surface area contributed by atoms with Crippen LogP contribution in [-0.2, 0) is 16.1 Å². The van der Waals surface area contributed by atoms with Crippen molar-refractivity contribution in [2.24, 2.45) is 0 Å². The zero-order valence-corrected chi connectivity index (χ0v) is 13.8. The largest absolute Gasteiger partial charge is 0.465 e. The minimum atomic E-state index is -0.457. The number of hydrogen-bond acceptors (Lipinski definition) is 6. The molecule has 0 unspecified atom stereocenters. The van der Waals surface area contributed by atoms with Gasteiger partial charge in [-0.15, -0.1) is 0 Å². The molecular formula is C15H20ClN3O4. The van der Waals surface area contributed by atoms with Gasteiger partial charge in [0.1, 0.15) is 0 Å². The van der Waals surface area contributed by atoms with Crippen LogP contribution < -0.4 is 10.2 Å². The second kappa shape index (κ2) is 8.12. The summed E-state index contributed by atoms with van der Waals surface area (Å²) in [7, 11) is 0. The number of hydrogen-bond donors (Lipinski definition) is 1. The highest BCUT2D eigenvalue weighted by Crippen LogP contribution is 2.36. The molecule has 0 spiro atoms. The summed E-state index contributed by atoms with van der Waals surface area (Å²) in [6.45, 7) is 3.93. The molecule has 0 radical (unpaired) electrons. The highest BCUT2D eigenvalue weighted by molar-refractivity contribution is 6.34. The smallest absolute Gasteiger partial charge is 0.319 e. The predicted molar refractivity (Wildman–Crippen MR) is 87.9 cm³/mol. The van der Waals surface area contributed by atoms with Crippen molar-refractivity contribution < 1.29 is 14.5 Å². The molecule has 1 aromatic rings. The van der Waals surface area contributed by atoms with E-state index in [2.05, 4.69) is 10.2 Å². The number of esters is 1. The summed E-state index contributed by atoms with van der Waals surface area (Å²) in [6, 6.07) is 3.17. The van der Waals surface area contributed by atoms with Gasteiger partial charge in [-0.1, -0.05) is 11.6 Å². The van der Waals surface area contributed by atoms with E-state index < -0.39 is 10.9 Å². The van der Waals surface area contributed by atoms with Gasteiger partial charge >= 0.3 is 5.97 Å². The second-order valence-corrected chi connectivity index (χ2v) is 5.63. The van der Waals surface area contributed by atoms with Crippen molar-refractivity contribution >= 4 is 28.9 Å². The van der Waals surface area contributed by atoms with Crippen LogP contribution in [0, 0.1) is 10.1 Å². The number of nitrogens with one attached hydrogen (secondary N) is 1. The molecule has 1 fully saturated rings. The molecule has 126 valence electrons. The SMILES string of the molecule is CCOC(=O)CNCc1c([N+](=O)[O-])ccc(N2CCCC2)c1Cl. The molecule has 1 aliphatic heterocycles. The zero-order chi connectivity index (χ0) is 16.8. The first-order valence-electron chi connectivity index (χ1n) is 7.61. The number of carbonyl (C=O) groups is 1. The minimum absolute atomic E-state index is 0.0186. The van der Waals surface area contributed by atoms with Gasteiger partial charge in [-0.3, -0.25) is 14.9 Å². The first-order valence-corrected chi connectivity index (χ1v) is 7.99. The Labute approximate surface area is 139 Å². The lowest BCUT2D eigenvalue weighted by Crippen LogP contribution is -2.25. The molecule has 1 N–H and O–H groups in total. The number of halogens is 1.